The number of carbonyl (C=O) groups excluding carboxylic acids is 4. The summed E-state index contributed by atoms with van der Waals surface area (Å²) in [6.45, 7) is 16.5. The molecule has 0 spiro atoms. The van der Waals surface area contributed by atoms with Crippen LogP contribution < -0.4 is 16.0 Å². The molecule has 1 rings (SSSR count). The molecule has 0 heterocycles. The molecule has 0 saturated heterocycles. The van der Waals surface area contributed by atoms with Crippen LogP contribution in [0.25, 0.3) is 0 Å². The first-order chi connectivity index (χ1) is 24.5. The number of carbonyl (C=O) groups is 4. The van der Waals surface area contributed by atoms with Crippen molar-refractivity contribution in [1.82, 2.24) is 15.5 Å². The second-order valence-electron chi connectivity index (χ2n) is 12.1. The number of ether oxygens (including phenoxy) is 2. The Morgan fingerprint density at radius 3 is 1.94 bits per heavy atom. The zero-order valence-electron chi connectivity index (χ0n) is 33.0. The van der Waals surface area contributed by atoms with E-state index in [1.807, 2.05) is 13.8 Å². The molecular formula is C39H70BN4O7. The minimum absolute atomic E-state index is 0.00995. The zero-order chi connectivity index (χ0) is 39.1. The van der Waals surface area contributed by atoms with Crippen molar-refractivity contribution in [3.8, 4) is 0 Å². The molecular weight excluding hydrogens is 647 g/mol. The molecule has 0 aromatic heterocycles. The molecule has 51 heavy (non-hydrogen) atoms. The van der Waals surface area contributed by atoms with Gasteiger partial charge in [-0.1, -0.05) is 72.4 Å². The standard InChI is InChI=1S/C11H21NO2.C10H17BNO2.C10H14N2O2.C8H18O/c1-4-5-6-7-11(14)12-10(8-13)9(2)3;1-3-8-14-9-7-12(2)10(13)5-4-6-11;1-11-6-10(14)12-9-4-2-8(7-13)3-5-9;1-3-5-6-8-9-7-4-2/h8-10H,4-7H2,1-3H3,(H,12,14);4-6H,3,7-9H2,1-2H3;2-5,11,13H,6-7H2,1H3,(H,12,14);3-8H2,1-2H3/b;5-4-;;. The summed E-state index contributed by atoms with van der Waals surface area (Å²) in [5, 5.41) is 17.0. The van der Waals surface area contributed by atoms with E-state index in [0.717, 1.165) is 69.5 Å². The van der Waals surface area contributed by atoms with Crippen LogP contribution in [-0.2, 0) is 35.3 Å². The van der Waals surface area contributed by atoms with Gasteiger partial charge in [0.05, 0.1) is 19.2 Å². The average molecular weight is 718 g/mol. The van der Waals surface area contributed by atoms with Gasteiger partial charge < -0.3 is 30.6 Å². The fraction of sp³-hybridized carbons (Fsp3) is 0.667. The van der Waals surface area contributed by atoms with Gasteiger partial charge in [-0.15, -0.1) is 0 Å². The molecule has 1 aromatic rings. The third kappa shape index (κ3) is 36.4. The van der Waals surface area contributed by atoms with Crippen molar-refractivity contribution in [3.05, 3.63) is 42.0 Å². The number of benzene rings is 1. The number of aldehydes is 1. The Bertz CT molecular complexity index is 1020. The first-order valence-corrected chi connectivity index (χ1v) is 18.5. The number of likely N-dealkylation sites (N-methyl/N-ethyl adjacent to an activating group) is 2. The Balaban J connectivity index is -0.000000610. The number of rotatable bonds is 24. The summed E-state index contributed by atoms with van der Waals surface area (Å²) in [4.78, 5) is 45.9. The summed E-state index contributed by atoms with van der Waals surface area (Å²) >= 11 is 0. The molecule has 1 radical (unpaired) electrons. The SMILES string of the molecule is CCCCCC(=O)NC(C=O)C(C)C.CCCCCOCCC.CNCC(=O)Nc1ccc(CO)cc1.[B]=C/C=C\C(=O)N(C)CCOCCC. The molecule has 1 atom stereocenters. The Morgan fingerprint density at radius 1 is 0.863 bits per heavy atom. The fourth-order valence-corrected chi connectivity index (χ4v) is 3.73. The molecule has 0 saturated carbocycles. The average Bonchev–Trinajstić information content (AvgIpc) is 3.12. The second-order valence-corrected chi connectivity index (χ2v) is 12.1. The molecule has 0 fully saturated rings. The van der Waals surface area contributed by atoms with Crippen LogP contribution in [0.15, 0.2) is 36.4 Å². The third-order valence-electron chi connectivity index (χ3n) is 6.84. The maximum absolute atomic E-state index is 11.3. The Morgan fingerprint density at radius 2 is 1.45 bits per heavy atom. The summed E-state index contributed by atoms with van der Waals surface area (Å²) in [5.74, 6) is 1.35. The number of hydrogen-bond donors (Lipinski definition) is 4. The van der Waals surface area contributed by atoms with Crippen LogP contribution in [0.5, 0.6) is 0 Å². The number of nitrogens with one attached hydrogen (secondary N) is 3. The fourth-order valence-electron chi connectivity index (χ4n) is 3.73. The first-order valence-electron chi connectivity index (χ1n) is 18.5. The Kier molecular flexibility index (Phi) is 40.5. The third-order valence-corrected chi connectivity index (χ3v) is 6.84. The summed E-state index contributed by atoms with van der Waals surface area (Å²) in [6.07, 6.45) is 13.3. The molecule has 0 aliphatic rings. The van der Waals surface area contributed by atoms with Gasteiger partial charge >= 0.3 is 86.1 Å². The van der Waals surface area contributed by atoms with Crippen LogP contribution in [0.4, 0.5) is 5.69 Å². The molecule has 4 N–H and O–H groups in total. The first kappa shape index (κ1) is 52.2. The number of aliphatic hydroxyl groups excluding tert-OH is 1. The van der Waals surface area contributed by atoms with E-state index in [4.69, 9.17) is 22.1 Å². The van der Waals surface area contributed by atoms with Crippen molar-refractivity contribution in [2.45, 2.75) is 112 Å². The number of nitrogens with zero attached hydrogens (tertiary/aromatic N) is 1. The van der Waals surface area contributed by atoms with E-state index in [1.54, 1.807) is 43.3 Å². The predicted molar refractivity (Wildman–Crippen MR) is 212 cm³/mol. The van der Waals surface area contributed by atoms with Crippen LogP contribution in [0, 0.1) is 5.92 Å². The summed E-state index contributed by atoms with van der Waals surface area (Å²) in [6, 6.07) is 6.74. The van der Waals surface area contributed by atoms with Gasteiger partial charge in [0.1, 0.15) is 6.29 Å². The van der Waals surface area contributed by atoms with Gasteiger partial charge in [-0.3, -0.25) is 9.59 Å². The van der Waals surface area contributed by atoms with E-state index >= 15 is 0 Å². The molecule has 3 amide bonds. The Labute approximate surface area is 310 Å². The molecule has 0 aliphatic heterocycles. The van der Waals surface area contributed by atoms with Gasteiger partial charge in [-0.25, -0.2) is 0 Å². The number of anilines is 1. The minimum atomic E-state index is -0.330. The second kappa shape index (κ2) is 39.6. The summed E-state index contributed by atoms with van der Waals surface area (Å²) < 4.78 is 10.5. The normalized spacial score (nSPS) is 10.8. The summed E-state index contributed by atoms with van der Waals surface area (Å²) in [5.41, 5.74) is 1.57. The number of unbranched alkanes of at least 4 members (excludes halogenated alkanes) is 4. The monoisotopic (exact) mass is 718 g/mol. The molecule has 1 unspecified atom stereocenters. The maximum atomic E-state index is 11.3. The van der Waals surface area contributed by atoms with E-state index in [2.05, 4.69) is 43.6 Å². The van der Waals surface area contributed by atoms with Crippen molar-refractivity contribution in [2.75, 3.05) is 58.9 Å². The topological polar surface area (TPSA) is 146 Å². The van der Waals surface area contributed by atoms with Crippen molar-refractivity contribution >= 4 is 43.1 Å². The van der Waals surface area contributed by atoms with Crippen LogP contribution in [0.3, 0.4) is 0 Å². The number of amides is 3. The zero-order valence-corrected chi connectivity index (χ0v) is 33.0. The van der Waals surface area contributed by atoms with Crippen molar-refractivity contribution in [1.29, 1.82) is 0 Å². The van der Waals surface area contributed by atoms with Crippen molar-refractivity contribution in [3.63, 3.8) is 0 Å². The molecule has 11 nitrogen and oxygen atoms in total. The number of allylic oxidation sites excluding steroid dienone is 1. The van der Waals surface area contributed by atoms with Gasteiger partial charge in [0.25, 0.3) is 0 Å². The van der Waals surface area contributed by atoms with E-state index in [0.29, 0.717) is 26.1 Å². The number of hydrogen-bond acceptors (Lipinski definition) is 8. The molecule has 12 heteroatoms. The van der Waals surface area contributed by atoms with Crippen LogP contribution in [-0.4, -0.2) is 107 Å². The van der Waals surface area contributed by atoms with E-state index in [1.165, 1.54) is 37.4 Å². The Hall–Kier alpha value is -3.19. The van der Waals surface area contributed by atoms with Crippen molar-refractivity contribution in [2.24, 2.45) is 5.92 Å². The van der Waals surface area contributed by atoms with Gasteiger partial charge in [0.15, 0.2) is 0 Å². The summed E-state index contributed by atoms with van der Waals surface area (Å²) in [7, 11) is 8.56. The van der Waals surface area contributed by atoms with Crippen molar-refractivity contribution < 1.29 is 33.8 Å². The molecule has 291 valence electrons. The molecule has 0 aliphatic carbocycles. The van der Waals surface area contributed by atoms with E-state index in [9.17, 15) is 19.2 Å². The van der Waals surface area contributed by atoms with Gasteiger partial charge in [0.2, 0.25) is 11.8 Å². The van der Waals surface area contributed by atoms with Crippen LogP contribution in [0.1, 0.15) is 105 Å². The van der Waals surface area contributed by atoms with E-state index in [-0.39, 0.29) is 36.3 Å². The molecule has 0 bridgehead atoms. The van der Waals surface area contributed by atoms with Crippen LogP contribution in [0.2, 0.25) is 0 Å². The van der Waals surface area contributed by atoms with Gasteiger partial charge in [-0.05, 0) is 49.9 Å². The van der Waals surface area contributed by atoms with Crippen LogP contribution >= 0.6 is 0 Å². The predicted octanol–water partition coefficient (Wildman–Crippen LogP) is 5.24. The number of aliphatic hydroxyl groups is 1. The van der Waals surface area contributed by atoms with Gasteiger partial charge in [0, 0.05) is 25.3 Å². The van der Waals surface area contributed by atoms with E-state index < -0.39 is 0 Å². The molecule has 1 aromatic carbocycles. The van der Waals surface area contributed by atoms with Gasteiger partial charge in [-0.2, -0.15) is 0 Å². The quantitative estimate of drug-likeness (QED) is 0.0492.